The van der Waals surface area contributed by atoms with Crippen molar-refractivity contribution in [2.45, 2.75) is 19.1 Å². The number of ether oxygens (including phenoxy) is 1. The van der Waals surface area contributed by atoms with Gasteiger partial charge in [0.25, 0.3) is 5.91 Å². The van der Waals surface area contributed by atoms with Gasteiger partial charge in [0, 0.05) is 24.7 Å². The minimum atomic E-state index is -1.03. The fourth-order valence-electron chi connectivity index (χ4n) is 1.99. The van der Waals surface area contributed by atoms with Crippen LogP contribution in [0.2, 0.25) is 0 Å². The number of carbonyl (C=O) groups is 1. The van der Waals surface area contributed by atoms with Crippen LogP contribution in [0.4, 0.5) is 8.78 Å². The number of amides is 1. The van der Waals surface area contributed by atoms with Crippen LogP contribution in [0.1, 0.15) is 17.3 Å². The summed E-state index contributed by atoms with van der Waals surface area (Å²) in [5, 5.41) is 0. The molecule has 1 aromatic rings. The van der Waals surface area contributed by atoms with Gasteiger partial charge in [0.2, 0.25) is 0 Å². The average molecular weight is 270 g/mol. The molecule has 6 heteroatoms. The number of nitrogens with zero attached hydrogens (tertiary/aromatic N) is 1. The van der Waals surface area contributed by atoms with Crippen molar-refractivity contribution in [1.82, 2.24) is 4.90 Å². The van der Waals surface area contributed by atoms with Crippen LogP contribution in [0.5, 0.6) is 0 Å². The van der Waals surface area contributed by atoms with E-state index in [4.69, 9.17) is 10.5 Å². The smallest absolute Gasteiger partial charge is 0.254 e. The molecular formula is C13H16F2N2O2. The van der Waals surface area contributed by atoms with Crippen LogP contribution in [0, 0.1) is 11.6 Å². The largest absolute Gasteiger partial charge is 0.373 e. The monoisotopic (exact) mass is 270 g/mol. The molecule has 0 spiro atoms. The zero-order valence-electron chi connectivity index (χ0n) is 10.6. The van der Waals surface area contributed by atoms with Crippen molar-refractivity contribution >= 4 is 5.91 Å². The van der Waals surface area contributed by atoms with Crippen LogP contribution in [-0.4, -0.2) is 42.6 Å². The number of carbonyl (C=O) groups excluding carboxylic acids is 1. The molecule has 2 N–H and O–H groups in total. The number of hydrogen-bond donors (Lipinski definition) is 1. The fraction of sp³-hybridized carbons (Fsp3) is 0.462. The van der Waals surface area contributed by atoms with Crippen molar-refractivity contribution < 1.29 is 18.3 Å². The van der Waals surface area contributed by atoms with Crippen molar-refractivity contribution in [3.8, 4) is 0 Å². The second kappa shape index (κ2) is 5.63. The summed E-state index contributed by atoms with van der Waals surface area (Å²) in [5.41, 5.74) is 5.87. The Morgan fingerprint density at radius 2 is 2.21 bits per heavy atom. The van der Waals surface area contributed by atoms with Crippen LogP contribution in [0.3, 0.4) is 0 Å². The molecule has 1 heterocycles. The summed E-state index contributed by atoms with van der Waals surface area (Å²) in [6.07, 6.45) is -0.233. The molecule has 1 aromatic carbocycles. The van der Waals surface area contributed by atoms with E-state index < -0.39 is 11.6 Å². The molecule has 104 valence electrons. The number of halogens is 2. The molecule has 0 aliphatic carbocycles. The summed E-state index contributed by atoms with van der Waals surface area (Å²) < 4.78 is 31.4. The third-order valence-electron chi connectivity index (χ3n) is 3.13. The standard InChI is InChI=1S/C13H16F2N2O2/c1-8(16)12-7-17(4-5-19-12)13(18)9-2-3-10(14)11(15)6-9/h2-3,6,8,12H,4-5,7,16H2,1H3. The van der Waals surface area contributed by atoms with E-state index in [0.29, 0.717) is 19.7 Å². The van der Waals surface area contributed by atoms with Gasteiger partial charge in [-0.1, -0.05) is 0 Å². The summed E-state index contributed by atoms with van der Waals surface area (Å²) in [5.74, 6) is -2.33. The Hall–Kier alpha value is -1.53. The van der Waals surface area contributed by atoms with Gasteiger partial charge < -0.3 is 15.4 Å². The van der Waals surface area contributed by atoms with Gasteiger partial charge in [0.05, 0.1) is 12.7 Å². The van der Waals surface area contributed by atoms with Crippen molar-refractivity contribution in [1.29, 1.82) is 0 Å². The molecule has 4 nitrogen and oxygen atoms in total. The highest BCUT2D eigenvalue weighted by atomic mass is 19.2. The Balaban J connectivity index is 2.12. The predicted molar refractivity (Wildman–Crippen MR) is 65.7 cm³/mol. The maximum Gasteiger partial charge on any atom is 0.254 e. The van der Waals surface area contributed by atoms with E-state index in [9.17, 15) is 13.6 Å². The molecule has 1 amide bonds. The Morgan fingerprint density at radius 1 is 1.47 bits per heavy atom. The second-order valence-electron chi connectivity index (χ2n) is 4.65. The maximum atomic E-state index is 13.1. The molecule has 1 aliphatic heterocycles. The molecular weight excluding hydrogens is 254 g/mol. The van der Waals surface area contributed by atoms with Gasteiger partial charge in [0.1, 0.15) is 0 Å². The van der Waals surface area contributed by atoms with Gasteiger partial charge in [-0.2, -0.15) is 0 Å². The summed E-state index contributed by atoms with van der Waals surface area (Å²) in [4.78, 5) is 13.7. The fourth-order valence-corrected chi connectivity index (χ4v) is 1.99. The third kappa shape index (κ3) is 3.08. The molecule has 0 radical (unpaired) electrons. The van der Waals surface area contributed by atoms with Crippen molar-refractivity contribution in [3.05, 3.63) is 35.4 Å². The molecule has 1 aliphatic rings. The molecule has 2 unspecified atom stereocenters. The lowest BCUT2D eigenvalue weighted by Crippen LogP contribution is -2.51. The molecule has 0 saturated carbocycles. The van der Waals surface area contributed by atoms with E-state index in [2.05, 4.69) is 0 Å². The van der Waals surface area contributed by atoms with Crippen LogP contribution in [0.15, 0.2) is 18.2 Å². The SMILES string of the molecule is CC(N)C1CN(C(=O)c2ccc(F)c(F)c2)CCO1. The van der Waals surface area contributed by atoms with Gasteiger partial charge in [-0.25, -0.2) is 8.78 Å². The summed E-state index contributed by atoms with van der Waals surface area (Å²) in [6.45, 7) is 2.97. The Kier molecular flexibility index (Phi) is 4.11. The zero-order chi connectivity index (χ0) is 14.0. The highest BCUT2D eigenvalue weighted by molar-refractivity contribution is 5.94. The topological polar surface area (TPSA) is 55.6 Å². The maximum absolute atomic E-state index is 13.1. The lowest BCUT2D eigenvalue weighted by Gasteiger charge is -2.34. The number of benzene rings is 1. The summed E-state index contributed by atoms with van der Waals surface area (Å²) >= 11 is 0. The van der Waals surface area contributed by atoms with Crippen LogP contribution in [0.25, 0.3) is 0 Å². The zero-order valence-corrected chi connectivity index (χ0v) is 10.6. The minimum Gasteiger partial charge on any atom is -0.373 e. The third-order valence-corrected chi connectivity index (χ3v) is 3.13. The van der Waals surface area contributed by atoms with E-state index in [1.54, 1.807) is 11.8 Å². The van der Waals surface area contributed by atoms with E-state index in [-0.39, 0.29) is 23.6 Å². The van der Waals surface area contributed by atoms with Gasteiger partial charge in [-0.15, -0.1) is 0 Å². The normalized spacial score (nSPS) is 21.3. The number of rotatable bonds is 2. The van der Waals surface area contributed by atoms with Crippen LogP contribution < -0.4 is 5.73 Å². The lowest BCUT2D eigenvalue weighted by molar-refractivity contribution is -0.0300. The van der Waals surface area contributed by atoms with Crippen molar-refractivity contribution in [3.63, 3.8) is 0 Å². The first-order valence-electron chi connectivity index (χ1n) is 6.10. The second-order valence-corrected chi connectivity index (χ2v) is 4.65. The lowest BCUT2D eigenvalue weighted by atomic mass is 10.1. The molecule has 2 rings (SSSR count). The highest BCUT2D eigenvalue weighted by Gasteiger charge is 2.27. The Labute approximate surface area is 110 Å². The molecule has 0 aromatic heterocycles. The average Bonchev–Trinajstić information content (AvgIpc) is 2.41. The first kappa shape index (κ1) is 13.9. The van der Waals surface area contributed by atoms with Crippen LogP contribution >= 0.6 is 0 Å². The highest BCUT2D eigenvalue weighted by Crippen LogP contribution is 2.14. The quantitative estimate of drug-likeness (QED) is 0.877. The van der Waals surface area contributed by atoms with Gasteiger partial charge in [0.15, 0.2) is 11.6 Å². The Morgan fingerprint density at radius 3 is 2.84 bits per heavy atom. The summed E-state index contributed by atoms with van der Waals surface area (Å²) in [6, 6.07) is 2.94. The number of morpholine rings is 1. The number of nitrogens with two attached hydrogens (primary N) is 1. The van der Waals surface area contributed by atoms with Crippen molar-refractivity contribution in [2.24, 2.45) is 5.73 Å². The molecule has 0 bridgehead atoms. The predicted octanol–water partition coefficient (Wildman–Crippen LogP) is 1.15. The molecule has 1 fully saturated rings. The summed E-state index contributed by atoms with van der Waals surface area (Å²) in [7, 11) is 0. The van der Waals surface area contributed by atoms with Gasteiger partial charge >= 0.3 is 0 Å². The van der Waals surface area contributed by atoms with E-state index in [0.717, 1.165) is 12.1 Å². The minimum absolute atomic E-state index is 0.129. The Bertz CT molecular complexity index is 480. The van der Waals surface area contributed by atoms with E-state index in [1.807, 2.05) is 0 Å². The van der Waals surface area contributed by atoms with Crippen molar-refractivity contribution in [2.75, 3.05) is 19.7 Å². The molecule has 19 heavy (non-hydrogen) atoms. The first-order valence-corrected chi connectivity index (χ1v) is 6.10. The van der Waals surface area contributed by atoms with Gasteiger partial charge in [-0.3, -0.25) is 4.79 Å². The molecule has 1 saturated heterocycles. The van der Waals surface area contributed by atoms with Gasteiger partial charge in [-0.05, 0) is 25.1 Å². The van der Waals surface area contributed by atoms with Crippen LogP contribution in [-0.2, 0) is 4.74 Å². The van der Waals surface area contributed by atoms with E-state index in [1.165, 1.54) is 6.07 Å². The molecule has 2 atom stereocenters. The number of hydrogen-bond acceptors (Lipinski definition) is 3. The van der Waals surface area contributed by atoms with E-state index >= 15 is 0 Å². The first-order chi connectivity index (χ1) is 8.99.